The second-order valence-electron chi connectivity index (χ2n) is 15.4. The minimum absolute atomic E-state index is 0.00728. The number of rotatable bonds is 37. The molecule has 4 amide bonds. The molecule has 6 atom stereocenters. The minimum Gasteiger partial charge on any atom is -0.513 e. The molecule has 1 rings (SSSR count). The van der Waals surface area contributed by atoms with Gasteiger partial charge in [0.15, 0.2) is 18.9 Å². The van der Waals surface area contributed by atoms with E-state index in [2.05, 4.69) is 32.8 Å². The van der Waals surface area contributed by atoms with Gasteiger partial charge in [0.1, 0.15) is 24.4 Å². The van der Waals surface area contributed by atoms with Gasteiger partial charge in [-0.1, -0.05) is 38.1 Å². The van der Waals surface area contributed by atoms with Gasteiger partial charge in [-0.3, -0.25) is 19.7 Å². The second-order valence-corrected chi connectivity index (χ2v) is 18.3. The number of hydrogen-bond acceptors (Lipinski definition) is 22. The maximum absolute atomic E-state index is 12.2. The van der Waals surface area contributed by atoms with E-state index >= 15 is 0 Å². The van der Waals surface area contributed by atoms with Crippen LogP contribution in [0, 0.1) is 10.1 Å². The van der Waals surface area contributed by atoms with Crippen molar-refractivity contribution >= 4 is 51.3 Å². The third-order valence-electron chi connectivity index (χ3n) is 9.19. The predicted octanol–water partition coefficient (Wildman–Crippen LogP) is 3.46. The van der Waals surface area contributed by atoms with Crippen LogP contribution in [0.25, 0.3) is 0 Å². The lowest BCUT2D eigenvalue weighted by atomic mass is 10.1. The van der Waals surface area contributed by atoms with Crippen molar-refractivity contribution in [2.45, 2.75) is 133 Å². The zero-order valence-corrected chi connectivity index (χ0v) is 43.9. The first kappa shape index (κ1) is 68.9. The molecule has 0 spiro atoms. The Morgan fingerprint density at radius 1 is 0.704 bits per heavy atom. The van der Waals surface area contributed by atoms with Crippen LogP contribution in [0.5, 0.6) is 0 Å². The highest BCUT2D eigenvalue weighted by Gasteiger charge is 2.22. The van der Waals surface area contributed by atoms with Crippen LogP contribution in [0.15, 0.2) is 35.7 Å². The van der Waals surface area contributed by atoms with Crippen molar-refractivity contribution in [3.8, 4) is 0 Å². The number of alkyl carbamates (subject to hydrolysis) is 2. The van der Waals surface area contributed by atoms with Gasteiger partial charge >= 0.3 is 12.2 Å². The zero-order valence-electron chi connectivity index (χ0n) is 42.3. The van der Waals surface area contributed by atoms with Gasteiger partial charge in [-0.2, -0.15) is 0 Å². The Bertz CT molecular complexity index is 1560. The molecule has 27 heteroatoms. The van der Waals surface area contributed by atoms with Crippen molar-refractivity contribution in [3.63, 3.8) is 0 Å². The molecule has 0 fully saturated rings. The molecule has 0 saturated carbocycles. The van der Waals surface area contributed by atoms with Crippen LogP contribution in [-0.2, 0) is 47.5 Å². The average Bonchev–Trinajstić information content (AvgIpc) is 3.36. The molecule has 0 aliphatic rings. The highest BCUT2D eigenvalue weighted by Crippen LogP contribution is 2.42. The summed E-state index contributed by atoms with van der Waals surface area (Å²) in [7, 11) is 7.22. The van der Waals surface area contributed by atoms with Gasteiger partial charge in [0, 0.05) is 77.6 Å². The van der Waals surface area contributed by atoms with E-state index in [0.717, 1.165) is 0 Å². The van der Waals surface area contributed by atoms with Crippen molar-refractivity contribution in [2.24, 2.45) is 0 Å². The molecule has 0 aliphatic carbocycles. The number of carbonyl (C=O) groups is 4. The van der Waals surface area contributed by atoms with Gasteiger partial charge in [0.2, 0.25) is 11.8 Å². The largest absolute Gasteiger partial charge is 0.513 e. The highest BCUT2D eigenvalue weighted by molar-refractivity contribution is 8.77. The van der Waals surface area contributed by atoms with E-state index in [4.69, 9.17) is 58.3 Å². The molecule has 0 aromatic carbocycles. The molecule has 71 heavy (non-hydrogen) atoms. The fraction of sp³-hybridized carbons (Fsp3) is 0.750. The monoisotopic (exact) mass is 1060 g/mol. The Morgan fingerprint density at radius 3 is 1.54 bits per heavy atom. The number of aliphatic hydroxyl groups excluding tert-OH is 5. The standard InChI is InChI=1S/C25H41N5O9S2.C12H23NO6.C7H16O4/c1-5-19(16-31)39-23(37-4)17-38-24(34)28-14-10-21(33)27-13-6-12-26-20(32)9-11-25(2,3)41-40-22-8-7-18(15-29-22)30(35)36;1-4-10(7-14)19-11(17-3)8-18-12(16)13-6-5-9(2)15;1-3-6(4-8)11-7(5-9)10-2/h7-8,15,19,23,31H,5-6,9-14,16-17H2,1-4H3,(H,26,32)(H,27,33)(H,28,34);10-11,14-15H,2,4-8H2,1,3H3,(H,13,16);6-9H,3-5H2,1-2H3. The Hall–Kier alpha value is -4.13. The molecule has 1 aromatic heterocycles. The number of nitrogens with zero attached hydrogens (tertiary/aromatic N) is 2. The molecular weight excluding hydrogens is 981 g/mol. The number of carbonyl (C=O) groups excluding carboxylic acids is 4. The molecule has 0 radical (unpaired) electrons. The van der Waals surface area contributed by atoms with Crippen LogP contribution in [-0.4, -0.2) is 189 Å². The van der Waals surface area contributed by atoms with Gasteiger partial charge in [-0.25, -0.2) is 14.6 Å². The van der Waals surface area contributed by atoms with Crippen LogP contribution < -0.4 is 21.3 Å². The molecule has 6 unspecified atom stereocenters. The van der Waals surface area contributed by atoms with E-state index in [-0.39, 0.29) is 106 Å². The van der Waals surface area contributed by atoms with Gasteiger partial charge < -0.3 is 84.7 Å². The summed E-state index contributed by atoms with van der Waals surface area (Å²) in [6, 6.07) is 3.01. The number of methoxy groups -OCH3 is 3. The smallest absolute Gasteiger partial charge is 0.407 e. The van der Waals surface area contributed by atoms with Crippen molar-refractivity contribution in [2.75, 3.05) is 87.1 Å². The summed E-state index contributed by atoms with van der Waals surface area (Å²) in [4.78, 5) is 61.5. The Morgan fingerprint density at radius 2 is 1.15 bits per heavy atom. The summed E-state index contributed by atoms with van der Waals surface area (Å²) >= 11 is 0. The lowest BCUT2D eigenvalue weighted by Crippen LogP contribution is -2.35. The first-order valence-corrected chi connectivity index (χ1v) is 25.1. The van der Waals surface area contributed by atoms with Gasteiger partial charge in [-0.15, -0.1) is 0 Å². The van der Waals surface area contributed by atoms with Crippen LogP contribution in [0.1, 0.15) is 86.0 Å². The fourth-order valence-corrected chi connectivity index (χ4v) is 6.98. The van der Waals surface area contributed by atoms with E-state index in [1.165, 1.54) is 44.4 Å². The quantitative estimate of drug-likeness (QED) is 0.0115. The summed E-state index contributed by atoms with van der Waals surface area (Å²) < 4.78 is 40.4. The molecule has 0 aliphatic heterocycles. The SMILES string of the molecule is C=C(O)CCNC(=O)OCC(OC)OC(CC)CO.CCC(CO)OC(CO)OC.CCC(CO)OC(COC(=O)NCCC(=O)NCCCNC(=O)CCC(C)(C)SSc1ccc([N+](=O)[O-])cn1)OC. The maximum atomic E-state index is 12.2. The molecule has 1 aromatic rings. The van der Waals surface area contributed by atoms with Crippen LogP contribution in [0.4, 0.5) is 15.3 Å². The van der Waals surface area contributed by atoms with E-state index in [9.17, 15) is 34.4 Å². The third kappa shape index (κ3) is 38.2. The second kappa shape index (κ2) is 43.5. The summed E-state index contributed by atoms with van der Waals surface area (Å²) in [6.07, 6.45) is 0.451. The number of aliphatic hydroxyl groups is 5. The van der Waals surface area contributed by atoms with Crippen LogP contribution in [0.2, 0.25) is 0 Å². The number of ether oxygens (including phenoxy) is 8. The Kier molecular flexibility index (Phi) is 42.2. The first-order valence-electron chi connectivity index (χ1n) is 23.0. The fourth-order valence-electron chi connectivity index (χ4n) is 4.79. The van der Waals surface area contributed by atoms with Gasteiger partial charge in [-0.05, 0) is 62.8 Å². The number of amides is 4. The topological polar surface area (TPSA) is 347 Å². The normalized spacial score (nSPS) is 13.5. The predicted molar refractivity (Wildman–Crippen MR) is 264 cm³/mol. The lowest BCUT2D eigenvalue weighted by Gasteiger charge is -2.22. The lowest BCUT2D eigenvalue weighted by molar-refractivity contribution is -0.385. The molecule has 0 bridgehead atoms. The number of pyridine rings is 1. The molecule has 25 nitrogen and oxygen atoms in total. The zero-order chi connectivity index (χ0) is 54.0. The molecular formula is C44H80N6O19S2. The van der Waals surface area contributed by atoms with Gasteiger partial charge in [0.05, 0.1) is 55.4 Å². The third-order valence-corrected chi connectivity index (χ3v) is 12.5. The molecule has 0 saturated heterocycles. The van der Waals surface area contributed by atoms with E-state index in [1.54, 1.807) is 16.9 Å². The summed E-state index contributed by atoms with van der Waals surface area (Å²) in [5.41, 5.74) is -0.0611. The van der Waals surface area contributed by atoms with E-state index in [1.807, 2.05) is 34.6 Å². The number of nitro groups is 1. The number of aromatic nitrogens is 1. The molecule has 9 N–H and O–H groups in total. The first-order chi connectivity index (χ1) is 33.8. The van der Waals surface area contributed by atoms with Crippen molar-refractivity contribution < 1.29 is 87.5 Å². The summed E-state index contributed by atoms with van der Waals surface area (Å²) in [6.45, 7) is 13.3. The maximum Gasteiger partial charge on any atom is 0.407 e. The van der Waals surface area contributed by atoms with Crippen molar-refractivity contribution in [1.29, 1.82) is 0 Å². The Labute approximate surface area is 424 Å². The van der Waals surface area contributed by atoms with Crippen molar-refractivity contribution in [1.82, 2.24) is 26.3 Å². The van der Waals surface area contributed by atoms with Crippen LogP contribution >= 0.6 is 21.6 Å². The minimum atomic E-state index is -0.807. The van der Waals surface area contributed by atoms with Gasteiger partial charge in [0.25, 0.3) is 5.69 Å². The molecule has 1 heterocycles. The summed E-state index contributed by atoms with van der Waals surface area (Å²) in [5, 5.41) is 66.2. The average molecular weight is 1060 g/mol. The van der Waals surface area contributed by atoms with E-state index < -0.39 is 42.1 Å². The summed E-state index contributed by atoms with van der Waals surface area (Å²) in [5.74, 6) is -0.344. The van der Waals surface area contributed by atoms with E-state index in [0.29, 0.717) is 56.6 Å². The van der Waals surface area contributed by atoms with Crippen LogP contribution in [0.3, 0.4) is 0 Å². The highest BCUT2D eigenvalue weighted by atomic mass is 33.1. The number of nitrogens with one attached hydrogen (secondary N) is 4. The molecule has 412 valence electrons. The Balaban J connectivity index is 0. The number of hydrogen-bond donors (Lipinski definition) is 9. The van der Waals surface area contributed by atoms with Crippen molar-refractivity contribution in [3.05, 3.63) is 40.8 Å².